The van der Waals surface area contributed by atoms with Crippen molar-refractivity contribution in [2.45, 2.75) is 52.4 Å². The first-order chi connectivity index (χ1) is 15.2. The smallest absolute Gasteiger partial charge is 0.475 e. The quantitative estimate of drug-likeness (QED) is 0.234. The molecule has 2 unspecified atom stereocenters. The van der Waals surface area contributed by atoms with Crippen LogP contribution >= 0.6 is 11.6 Å². The Kier molecular flexibility index (Phi) is 8.01. The van der Waals surface area contributed by atoms with Crippen molar-refractivity contribution in [3.8, 4) is 5.75 Å². The lowest BCUT2D eigenvalue weighted by Gasteiger charge is -2.29. The predicted molar refractivity (Wildman–Crippen MR) is 105 cm³/mol. The van der Waals surface area contributed by atoms with Crippen LogP contribution in [0.2, 0.25) is 5.02 Å². The van der Waals surface area contributed by atoms with Gasteiger partial charge in [-0.05, 0) is 44.0 Å². The fraction of sp³-hybridized carbons (Fsp3) is 0.474. The second-order valence-corrected chi connectivity index (χ2v) is 7.35. The van der Waals surface area contributed by atoms with Gasteiger partial charge in [0.2, 0.25) is 12.4 Å². The zero-order valence-corrected chi connectivity index (χ0v) is 18.5. The molecule has 1 aliphatic rings. The molecule has 0 spiro atoms. The number of hydrogen-bond acceptors (Lipinski definition) is 9. The van der Waals surface area contributed by atoms with E-state index in [4.69, 9.17) is 21.1 Å². The standard InChI is InChI=1S/C19H19ClF3NO9/c1-8-5-14-12(10(3)15(8)20)6-13(16(32-14)19(21,22)23)17(25)30-11(4)31-18(26)29-7-9(2)33-24(27)28/h5-6,9,11,16H,7H2,1-4H3/t9?,11?,16-/m0/s1. The van der Waals surface area contributed by atoms with Crippen LogP contribution in [0.5, 0.6) is 5.75 Å². The lowest BCUT2D eigenvalue weighted by Crippen LogP contribution is -2.41. The Balaban J connectivity index is 2.14. The minimum atomic E-state index is -4.96. The molecule has 0 saturated carbocycles. The summed E-state index contributed by atoms with van der Waals surface area (Å²) in [5.74, 6) is -1.56. The summed E-state index contributed by atoms with van der Waals surface area (Å²) < 4.78 is 59.7. The van der Waals surface area contributed by atoms with E-state index in [0.717, 1.165) is 13.0 Å². The largest absolute Gasteiger partial charge is 0.511 e. The van der Waals surface area contributed by atoms with E-state index in [1.165, 1.54) is 13.0 Å². The number of carbonyl (C=O) groups excluding carboxylic acids is 2. The van der Waals surface area contributed by atoms with Gasteiger partial charge in [-0.2, -0.15) is 13.2 Å². The van der Waals surface area contributed by atoms with Crippen LogP contribution < -0.4 is 4.74 Å². The van der Waals surface area contributed by atoms with Crippen LogP contribution in [0.1, 0.15) is 30.5 Å². The van der Waals surface area contributed by atoms with Gasteiger partial charge in [-0.3, -0.25) is 0 Å². The van der Waals surface area contributed by atoms with Gasteiger partial charge < -0.3 is 23.8 Å². The normalized spacial score (nSPS) is 17.0. The van der Waals surface area contributed by atoms with Gasteiger partial charge in [-0.15, -0.1) is 10.1 Å². The van der Waals surface area contributed by atoms with E-state index in [2.05, 4.69) is 14.3 Å². The Labute approximate surface area is 190 Å². The molecule has 3 atom stereocenters. The Morgan fingerprint density at radius 2 is 1.91 bits per heavy atom. The number of carbonyl (C=O) groups is 2. The Morgan fingerprint density at radius 1 is 1.27 bits per heavy atom. The highest BCUT2D eigenvalue weighted by atomic mass is 35.5. The first-order valence-electron chi connectivity index (χ1n) is 9.30. The number of alkyl halides is 3. The number of halogens is 4. The number of benzene rings is 1. The maximum Gasteiger partial charge on any atom is 0.511 e. The van der Waals surface area contributed by atoms with Crippen LogP contribution in [-0.4, -0.2) is 48.5 Å². The molecule has 33 heavy (non-hydrogen) atoms. The molecule has 0 amide bonds. The Bertz CT molecular complexity index is 980. The molecular formula is C19H19ClF3NO9. The van der Waals surface area contributed by atoms with E-state index in [1.807, 2.05) is 0 Å². The second-order valence-electron chi connectivity index (χ2n) is 6.97. The summed E-state index contributed by atoms with van der Waals surface area (Å²) in [6.07, 6.45) is -10.8. The van der Waals surface area contributed by atoms with Crippen LogP contribution in [0.4, 0.5) is 18.0 Å². The van der Waals surface area contributed by atoms with Gasteiger partial charge in [0, 0.05) is 17.5 Å². The molecule has 1 aromatic rings. The molecule has 0 aliphatic carbocycles. The molecule has 0 saturated heterocycles. The number of ether oxygens (including phenoxy) is 4. The van der Waals surface area contributed by atoms with Crippen molar-refractivity contribution in [2.24, 2.45) is 0 Å². The molecule has 1 heterocycles. The molecule has 2 rings (SSSR count). The predicted octanol–water partition coefficient (Wildman–Crippen LogP) is 4.30. The summed E-state index contributed by atoms with van der Waals surface area (Å²) in [5, 5.41) is 9.39. The lowest BCUT2D eigenvalue weighted by molar-refractivity contribution is -0.767. The molecule has 0 radical (unpaired) electrons. The summed E-state index contributed by atoms with van der Waals surface area (Å²) in [5.41, 5.74) is 0.184. The maximum absolute atomic E-state index is 13.6. The van der Waals surface area contributed by atoms with Crippen molar-refractivity contribution in [3.63, 3.8) is 0 Å². The molecule has 1 aliphatic heterocycles. The summed E-state index contributed by atoms with van der Waals surface area (Å²) in [4.78, 5) is 38.4. The van der Waals surface area contributed by atoms with Crippen molar-refractivity contribution >= 4 is 29.8 Å². The van der Waals surface area contributed by atoms with Gasteiger partial charge in [0.25, 0.3) is 5.09 Å². The average molecular weight is 498 g/mol. The number of esters is 1. The van der Waals surface area contributed by atoms with Crippen molar-refractivity contribution < 1.29 is 51.6 Å². The molecule has 0 aromatic heterocycles. The molecule has 1 aromatic carbocycles. The van der Waals surface area contributed by atoms with Gasteiger partial charge in [-0.25, -0.2) is 9.59 Å². The van der Waals surface area contributed by atoms with Gasteiger partial charge in [0.15, 0.2) is 0 Å². The Hall–Kier alpha value is -3.22. The highest BCUT2D eigenvalue weighted by Crippen LogP contribution is 2.41. The van der Waals surface area contributed by atoms with Gasteiger partial charge in [-0.1, -0.05) is 11.6 Å². The van der Waals surface area contributed by atoms with Gasteiger partial charge >= 0.3 is 18.3 Å². The number of fused-ring (bicyclic) bond motifs is 1. The second kappa shape index (κ2) is 10.1. The summed E-state index contributed by atoms with van der Waals surface area (Å²) >= 11 is 6.15. The van der Waals surface area contributed by atoms with E-state index in [1.54, 1.807) is 13.8 Å². The first-order valence-corrected chi connectivity index (χ1v) is 9.68. The van der Waals surface area contributed by atoms with E-state index >= 15 is 0 Å². The average Bonchev–Trinajstić information content (AvgIpc) is 2.68. The van der Waals surface area contributed by atoms with Crippen molar-refractivity contribution in [3.05, 3.63) is 43.5 Å². The van der Waals surface area contributed by atoms with Crippen molar-refractivity contribution in [2.75, 3.05) is 6.61 Å². The van der Waals surface area contributed by atoms with E-state index in [-0.39, 0.29) is 11.3 Å². The van der Waals surface area contributed by atoms with Gasteiger partial charge in [0.1, 0.15) is 18.5 Å². The van der Waals surface area contributed by atoms with E-state index in [0.29, 0.717) is 16.1 Å². The van der Waals surface area contributed by atoms with Crippen LogP contribution in [-0.2, 0) is 23.8 Å². The monoisotopic (exact) mass is 497 g/mol. The third kappa shape index (κ3) is 6.63. The highest BCUT2D eigenvalue weighted by molar-refractivity contribution is 6.32. The SMILES string of the molecule is Cc1cc2c(c(C)c1Cl)C=C(C(=O)OC(C)OC(=O)OCC(C)O[N+](=O)[O-])[C@@H](C(F)(F)F)O2. The fourth-order valence-corrected chi connectivity index (χ4v) is 2.98. The molecule has 0 N–H and O–H groups in total. The number of aryl methyl sites for hydroxylation is 1. The zero-order valence-electron chi connectivity index (χ0n) is 17.7. The molecule has 0 fully saturated rings. The highest BCUT2D eigenvalue weighted by Gasteiger charge is 2.49. The maximum atomic E-state index is 13.6. The number of hydrogen-bond donors (Lipinski definition) is 0. The molecule has 10 nitrogen and oxygen atoms in total. The van der Waals surface area contributed by atoms with Crippen LogP contribution in [0.3, 0.4) is 0 Å². The summed E-state index contributed by atoms with van der Waals surface area (Å²) in [6.45, 7) is 4.88. The third-order valence-electron chi connectivity index (χ3n) is 4.29. The summed E-state index contributed by atoms with van der Waals surface area (Å²) in [6, 6.07) is 1.33. The first kappa shape index (κ1) is 26.0. The number of nitrogens with zero attached hydrogens (tertiary/aromatic N) is 1. The van der Waals surface area contributed by atoms with Crippen LogP contribution in [0, 0.1) is 24.0 Å². The minimum absolute atomic E-state index is 0.104. The molecule has 182 valence electrons. The fourth-order valence-electron chi connectivity index (χ4n) is 2.82. The Morgan fingerprint density at radius 3 is 2.48 bits per heavy atom. The van der Waals surface area contributed by atoms with Crippen LogP contribution in [0.25, 0.3) is 6.08 Å². The number of rotatable bonds is 7. The van der Waals surface area contributed by atoms with Crippen molar-refractivity contribution in [1.29, 1.82) is 0 Å². The van der Waals surface area contributed by atoms with Gasteiger partial charge in [0.05, 0.1) is 5.57 Å². The molecular weight excluding hydrogens is 479 g/mol. The van der Waals surface area contributed by atoms with E-state index in [9.17, 15) is 32.9 Å². The molecule has 14 heteroatoms. The third-order valence-corrected chi connectivity index (χ3v) is 4.87. The zero-order chi connectivity index (χ0) is 25.1. The molecule has 0 bridgehead atoms. The topological polar surface area (TPSA) is 123 Å². The van der Waals surface area contributed by atoms with Crippen molar-refractivity contribution in [1.82, 2.24) is 0 Å². The van der Waals surface area contributed by atoms with Crippen LogP contribution in [0.15, 0.2) is 11.6 Å². The lowest BCUT2D eigenvalue weighted by atomic mass is 9.96. The minimum Gasteiger partial charge on any atom is -0.475 e. The summed E-state index contributed by atoms with van der Waals surface area (Å²) in [7, 11) is 0. The van der Waals surface area contributed by atoms with E-state index < -0.39 is 54.1 Å².